The number of aryl methyl sites for hydroxylation is 2. The van der Waals surface area contributed by atoms with Crippen LogP contribution in [-0.2, 0) is 6.04 Å². The summed E-state index contributed by atoms with van der Waals surface area (Å²) in [5.74, 6) is 0. The molecule has 1 aromatic carbocycles. The van der Waals surface area contributed by atoms with Crippen LogP contribution in [0.2, 0.25) is 0 Å². The smallest absolute Gasteiger partial charge is 0.0415 e. The molecule has 0 spiro atoms. The number of piperidine rings is 1. The predicted octanol–water partition coefficient (Wildman–Crippen LogP) is 2.84. The Morgan fingerprint density at radius 3 is 2.50 bits per heavy atom. The maximum absolute atomic E-state index is 2.69. The Morgan fingerprint density at radius 2 is 1.83 bits per heavy atom. The van der Waals surface area contributed by atoms with Crippen molar-refractivity contribution in [3.63, 3.8) is 0 Å². The van der Waals surface area contributed by atoms with Crippen molar-refractivity contribution in [1.29, 1.82) is 0 Å². The van der Waals surface area contributed by atoms with E-state index in [0.717, 1.165) is 0 Å². The number of benzene rings is 1. The van der Waals surface area contributed by atoms with E-state index >= 15 is 0 Å². The summed E-state index contributed by atoms with van der Waals surface area (Å²) in [6.07, 6.45) is 5.73. The third-order valence-corrected chi connectivity index (χ3v) is 5.71. The van der Waals surface area contributed by atoms with Crippen LogP contribution in [-0.4, -0.2) is 33.7 Å². The minimum atomic E-state index is 0. The molecule has 0 amide bonds. The zero-order chi connectivity index (χ0) is 12.1. The number of nitrogens with zero attached hydrogens (tertiary/aromatic N) is 1. The topological polar surface area (TPSA) is 3.24 Å². The summed E-state index contributed by atoms with van der Waals surface area (Å²) in [7, 11) is 0.0604. The molecule has 1 fully saturated rings. The Hall–Kier alpha value is -0.313. The molecule has 1 aliphatic rings. The van der Waals surface area contributed by atoms with Crippen LogP contribution in [0.3, 0.4) is 0 Å². The predicted molar refractivity (Wildman–Crippen MR) is 85.7 cm³/mol. The van der Waals surface area contributed by atoms with E-state index in [1.807, 2.05) is 0 Å². The zero-order valence-electron chi connectivity index (χ0n) is 11.7. The lowest BCUT2D eigenvalue weighted by molar-refractivity contribution is 0.262. The summed E-state index contributed by atoms with van der Waals surface area (Å²) < 4.78 is 0. The van der Waals surface area contributed by atoms with Crippen LogP contribution in [0.5, 0.6) is 0 Å². The molecule has 0 N–H and O–H groups in total. The first kappa shape index (κ1) is 15.7. The second-order valence-corrected chi connectivity index (χ2v) is 7.09. The summed E-state index contributed by atoms with van der Waals surface area (Å²) in [5, 5.41) is 0. The minimum Gasteiger partial charge on any atom is -0.307 e. The highest BCUT2D eigenvalue weighted by Gasteiger charge is 2.09. The van der Waals surface area contributed by atoms with E-state index in [1.54, 1.807) is 5.56 Å². The van der Waals surface area contributed by atoms with Crippen molar-refractivity contribution < 1.29 is 0 Å². The molecule has 0 bridgehead atoms. The van der Waals surface area contributed by atoms with Crippen molar-refractivity contribution in [3.05, 3.63) is 34.9 Å². The van der Waals surface area contributed by atoms with Gasteiger partial charge in [-0.3, -0.25) is 0 Å². The summed E-state index contributed by atoms with van der Waals surface area (Å²) in [6, 6.07) is 8.30. The maximum Gasteiger partial charge on any atom is 0.0415 e. The maximum atomic E-state index is 2.69. The number of hydrogen-bond donors (Lipinski definition) is 0. The van der Waals surface area contributed by atoms with Crippen molar-refractivity contribution in [2.24, 2.45) is 0 Å². The lowest BCUT2D eigenvalue weighted by atomic mass is 10.1. The fourth-order valence-corrected chi connectivity index (χ4v) is 4.80. The molecule has 1 nitrogen and oxygen atoms in total. The van der Waals surface area contributed by atoms with E-state index in [-0.39, 0.29) is 21.9 Å². The standard InChI is InChI=1S/C15H25NSi.ClH/c1-13-6-7-15(14(2)10-13)11-17-12-16-8-4-3-5-9-16;/h6-7,10H,3-5,8-9,11-12,17H2,1-2H3;1H. The van der Waals surface area contributed by atoms with E-state index in [9.17, 15) is 0 Å². The minimum absolute atomic E-state index is 0. The summed E-state index contributed by atoms with van der Waals surface area (Å²) in [4.78, 5) is 2.69. The van der Waals surface area contributed by atoms with Gasteiger partial charge in [-0.1, -0.05) is 30.2 Å². The summed E-state index contributed by atoms with van der Waals surface area (Å²) >= 11 is 0. The van der Waals surface area contributed by atoms with Gasteiger partial charge in [-0.15, -0.1) is 12.4 Å². The zero-order valence-corrected chi connectivity index (χ0v) is 14.0. The monoisotopic (exact) mass is 283 g/mol. The number of likely N-dealkylation sites (tertiary alicyclic amines) is 1. The Bertz CT molecular complexity index is 362. The van der Waals surface area contributed by atoms with Gasteiger partial charge in [0.25, 0.3) is 0 Å². The van der Waals surface area contributed by atoms with Crippen molar-refractivity contribution >= 4 is 21.9 Å². The highest BCUT2D eigenvalue weighted by molar-refractivity contribution is 6.35. The first-order chi connectivity index (χ1) is 8.25. The first-order valence-electron chi connectivity index (χ1n) is 7.04. The summed E-state index contributed by atoms with van der Waals surface area (Å²) in [6.45, 7) is 7.17. The largest absolute Gasteiger partial charge is 0.307 e. The van der Waals surface area contributed by atoms with Gasteiger partial charge in [0.05, 0.1) is 0 Å². The van der Waals surface area contributed by atoms with Gasteiger partial charge in [0.1, 0.15) is 0 Å². The van der Waals surface area contributed by atoms with Crippen LogP contribution in [0.25, 0.3) is 0 Å². The lowest BCUT2D eigenvalue weighted by Crippen LogP contribution is -2.33. The van der Waals surface area contributed by atoms with Gasteiger partial charge < -0.3 is 4.90 Å². The summed E-state index contributed by atoms with van der Waals surface area (Å²) in [5.41, 5.74) is 4.49. The molecule has 3 heteroatoms. The molecular weight excluding hydrogens is 258 g/mol. The van der Waals surface area contributed by atoms with Crippen LogP contribution < -0.4 is 0 Å². The van der Waals surface area contributed by atoms with Gasteiger partial charge in [-0.05, 0) is 63.1 Å². The molecule has 0 aromatic heterocycles. The van der Waals surface area contributed by atoms with E-state index in [2.05, 4.69) is 36.9 Å². The van der Waals surface area contributed by atoms with Crippen LogP contribution in [0, 0.1) is 13.8 Å². The normalized spacial score (nSPS) is 17.0. The number of hydrogen-bond acceptors (Lipinski definition) is 1. The first-order valence-corrected chi connectivity index (χ1v) is 9.04. The molecular formula is C15H26ClNSi. The van der Waals surface area contributed by atoms with E-state index in [0.29, 0.717) is 0 Å². The third-order valence-electron chi connectivity index (χ3n) is 3.87. The average Bonchev–Trinajstić information content (AvgIpc) is 2.33. The van der Waals surface area contributed by atoms with Gasteiger partial charge in [0.2, 0.25) is 0 Å². The van der Waals surface area contributed by atoms with Gasteiger partial charge >= 0.3 is 0 Å². The molecule has 2 rings (SSSR count). The Balaban J connectivity index is 0.00000162. The molecule has 0 radical (unpaired) electrons. The molecule has 1 aromatic rings. The fraction of sp³-hybridized carbons (Fsp3) is 0.600. The Kier molecular flexibility index (Phi) is 6.98. The molecule has 1 aliphatic heterocycles. The highest BCUT2D eigenvalue weighted by Crippen LogP contribution is 2.11. The van der Waals surface area contributed by atoms with Gasteiger partial charge in [-0.25, -0.2) is 0 Å². The molecule has 0 saturated carbocycles. The van der Waals surface area contributed by atoms with Gasteiger partial charge in [-0.2, -0.15) is 0 Å². The quantitative estimate of drug-likeness (QED) is 0.768. The van der Waals surface area contributed by atoms with Crippen molar-refractivity contribution in [2.75, 3.05) is 19.3 Å². The number of halogens is 1. The molecule has 18 heavy (non-hydrogen) atoms. The second kappa shape index (κ2) is 7.98. The van der Waals surface area contributed by atoms with Crippen molar-refractivity contribution in [3.8, 4) is 0 Å². The molecule has 1 saturated heterocycles. The molecule has 0 aliphatic carbocycles. The van der Waals surface area contributed by atoms with Crippen LogP contribution in [0.15, 0.2) is 18.2 Å². The fourth-order valence-electron chi connectivity index (χ4n) is 2.80. The average molecular weight is 284 g/mol. The number of rotatable bonds is 4. The van der Waals surface area contributed by atoms with Gasteiger partial charge in [0.15, 0.2) is 0 Å². The third kappa shape index (κ3) is 4.75. The molecule has 0 atom stereocenters. The van der Waals surface area contributed by atoms with Crippen molar-refractivity contribution in [2.45, 2.75) is 39.2 Å². The van der Waals surface area contributed by atoms with Gasteiger partial charge in [0, 0.05) is 9.52 Å². The van der Waals surface area contributed by atoms with E-state index in [4.69, 9.17) is 0 Å². The Morgan fingerprint density at radius 1 is 1.11 bits per heavy atom. The highest BCUT2D eigenvalue weighted by atomic mass is 35.5. The molecule has 0 unspecified atom stereocenters. The molecule has 1 heterocycles. The second-order valence-electron chi connectivity index (χ2n) is 5.44. The van der Waals surface area contributed by atoms with Crippen LogP contribution in [0.1, 0.15) is 36.0 Å². The van der Waals surface area contributed by atoms with Crippen LogP contribution in [0.4, 0.5) is 0 Å². The molecule has 102 valence electrons. The van der Waals surface area contributed by atoms with Crippen LogP contribution >= 0.6 is 12.4 Å². The van der Waals surface area contributed by atoms with Crippen molar-refractivity contribution in [1.82, 2.24) is 4.90 Å². The Labute approximate surface area is 120 Å². The van der Waals surface area contributed by atoms with E-state index < -0.39 is 0 Å². The van der Waals surface area contributed by atoms with E-state index in [1.165, 1.54) is 55.7 Å². The lowest BCUT2D eigenvalue weighted by Gasteiger charge is -2.26. The SMILES string of the molecule is Cc1ccc(C[SiH2]CN2CCCCC2)c(C)c1.Cl.